The molecule has 2 aliphatic carbocycles. The van der Waals surface area contributed by atoms with Crippen molar-refractivity contribution in [3.05, 3.63) is 0 Å². The third kappa shape index (κ3) is 3.32. The van der Waals surface area contributed by atoms with Gasteiger partial charge in [-0.2, -0.15) is 0 Å². The van der Waals surface area contributed by atoms with Gasteiger partial charge in [0.25, 0.3) is 0 Å². The second kappa shape index (κ2) is 6.58. The Balaban J connectivity index is 2.26. The first-order chi connectivity index (χ1) is 9.80. The zero-order chi connectivity index (χ0) is 15.7. The Bertz CT molecular complexity index is 308. The molecule has 2 aliphatic rings. The highest BCUT2D eigenvalue weighted by Gasteiger charge is 2.50. The third-order valence-electron chi connectivity index (χ3n) is 6.94. The molecule has 124 valence electrons. The molecule has 0 bridgehead atoms. The maximum Gasteiger partial charge on any atom is 0.0636 e. The van der Waals surface area contributed by atoms with Crippen LogP contribution in [0.3, 0.4) is 0 Å². The fraction of sp³-hybridized carbons (Fsp3) is 1.00. The lowest BCUT2D eigenvalue weighted by molar-refractivity contribution is -0.0687. The highest BCUT2D eigenvalue weighted by Crippen LogP contribution is 2.57. The molecule has 0 saturated heterocycles. The lowest BCUT2D eigenvalue weighted by atomic mass is 9.49. The summed E-state index contributed by atoms with van der Waals surface area (Å²) in [4.78, 5) is 0. The van der Waals surface area contributed by atoms with Crippen LogP contribution in [0.15, 0.2) is 0 Å². The normalized spacial score (nSPS) is 25.7. The summed E-state index contributed by atoms with van der Waals surface area (Å²) >= 11 is 0. The van der Waals surface area contributed by atoms with Crippen LogP contribution in [0.25, 0.3) is 0 Å². The minimum Gasteiger partial charge on any atom is -0.313 e. The zero-order valence-corrected chi connectivity index (χ0v) is 14.8. The summed E-state index contributed by atoms with van der Waals surface area (Å²) in [5, 5.41) is 0. The highest BCUT2D eigenvalue weighted by molar-refractivity contribution is 5.00. The first-order valence-electron chi connectivity index (χ1n) is 9.38. The van der Waals surface area contributed by atoms with Crippen molar-refractivity contribution in [2.45, 2.75) is 91.1 Å². The Labute approximate surface area is 132 Å². The van der Waals surface area contributed by atoms with Crippen molar-refractivity contribution in [3.8, 4) is 0 Å². The van der Waals surface area contributed by atoms with Gasteiger partial charge in [0.2, 0.25) is 0 Å². The van der Waals surface area contributed by atoms with E-state index in [1.807, 2.05) is 0 Å². The number of rotatable bonds is 4. The van der Waals surface area contributed by atoms with Crippen LogP contribution in [0.5, 0.6) is 0 Å². The molecule has 2 saturated carbocycles. The molecule has 0 aromatic rings. The van der Waals surface area contributed by atoms with Gasteiger partial charge in [0, 0.05) is 0 Å². The predicted molar refractivity (Wildman–Crippen MR) is 91.7 cm³/mol. The van der Waals surface area contributed by atoms with Gasteiger partial charge in [0.1, 0.15) is 0 Å². The van der Waals surface area contributed by atoms with Crippen LogP contribution in [0.1, 0.15) is 85.5 Å². The largest absolute Gasteiger partial charge is 0.313 e. The summed E-state index contributed by atoms with van der Waals surface area (Å²) in [7, 11) is 0. The van der Waals surface area contributed by atoms with E-state index in [2.05, 4.69) is 27.7 Å². The van der Waals surface area contributed by atoms with Crippen molar-refractivity contribution in [1.82, 2.24) is 0 Å². The fourth-order valence-electron chi connectivity index (χ4n) is 6.14. The van der Waals surface area contributed by atoms with Crippen molar-refractivity contribution in [2.24, 2.45) is 40.6 Å². The lowest BCUT2D eigenvalue weighted by Crippen LogP contribution is -2.56. The summed E-state index contributed by atoms with van der Waals surface area (Å²) < 4.78 is 0. The Morgan fingerprint density at radius 3 is 1.62 bits per heavy atom. The summed E-state index contributed by atoms with van der Waals surface area (Å²) in [6.45, 7) is 9.89. The lowest BCUT2D eigenvalue weighted by Gasteiger charge is -2.56. The van der Waals surface area contributed by atoms with E-state index in [4.69, 9.17) is 11.5 Å². The van der Waals surface area contributed by atoms with Gasteiger partial charge >= 0.3 is 0 Å². The molecule has 0 spiro atoms. The Kier molecular flexibility index (Phi) is 5.41. The van der Waals surface area contributed by atoms with Crippen molar-refractivity contribution in [1.29, 1.82) is 0 Å². The van der Waals surface area contributed by atoms with E-state index < -0.39 is 5.66 Å². The number of hydrogen-bond donors (Lipinski definition) is 2. The molecule has 2 rings (SSSR count). The second-order valence-electron chi connectivity index (χ2n) is 8.65. The van der Waals surface area contributed by atoms with Crippen LogP contribution in [0.2, 0.25) is 0 Å². The fourth-order valence-corrected chi connectivity index (χ4v) is 6.14. The average molecular weight is 295 g/mol. The average Bonchev–Trinajstić information content (AvgIpc) is 2.41. The van der Waals surface area contributed by atoms with Crippen molar-refractivity contribution in [3.63, 3.8) is 0 Å². The van der Waals surface area contributed by atoms with Crippen LogP contribution in [0.4, 0.5) is 0 Å². The number of hydrogen-bond acceptors (Lipinski definition) is 2. The summed E-state index contributed by atoms with van der Waals surface area (Å²) in [6.07, 6.45) is 11.7. The van der Waals surface area contributed by atoms with Gasteiger partial charge in [-0.15, -0.1) is 0 Å². The minimum atomic E-state index is -0.400. The van der Waals surface area contributed by atoms with E-state index in [-0.39, 0.29) is 0 Å². The first kappa shape index (κ1) is 17.3. The van der Waals surface area contributed by atoms with Gasteiger partial charge in [-0.05, 0) is 67.6 Å². The standard InChI is InChI=1S/C19H38N2/c1-14(2)19(15(3)4,16-8-6-5-7-9-16)17-10-12-18(20,21)13-11-17/h14-17H,5-13,20-21H2,1-4H3. The van der Waals surface area contributed by atoms with Gasteiger partial charge < -0.3 is 11.5 Å². The quantitative estimate of drug-likeness (QED) is 0.740. The van der Waals surface area contributed by atoms with Crippen molar-refractivity contribution in [2.75, 3.05) is 0 Å². The van der Waals surface area contributed by atoms with Crippen LogP contribution in [0, 0.1) is 29.1 Å². The summed E-state index contributed by atoms with van der Waals surface area (Å²) in [5.41, 5.74) is 12.5. The molecule has 4 N–H and O–H groups in total. The smallest absolute Gasteiger partial charge is 0.0636 e. The molecule has 0 unspecified atom stereocenters. The minimum absolute atomic E-state index is 0.400. The van der Waals surface area contributed by atoms with Crippen LogP contribution >= 0.6 is 0 Å². The molecule has 2 nitrogen and oxygen atoms in total. The monoisotopic (exact) mass is 294 g/mol. The van der Waals surface area contributed by atoms with E-state index in [0.29, 0.717) is 5.41 Å². The van der Waals surface area contributed by atoms with E-state index >= 15 is 0 Å². The van der Waals surface area contributed by atoms with Crippen molar-refractivity contribution < 1.29 is 0 Å². The van der Waals surface area contributed by atoms with E-state index in [9.17, 15) is 0 Å². The van der Waals surface area contributed by atoms with Gasteiger partial charge in [-0.3, -0.25) is 0 Å². The predicted octanol–water partition coefficient (Wildman–Crippen LogP) is 4.67. The van der Waals surface area contributed by atoms with Crippen molar-refractivity contribution >= 4 is 0 Å². The van der Waals surface area contributed by atoms with E-state index in [1.165, 1.54) is 44.9 Å². The highest BCUT2D eigenvalue weighted by atomic mass is 15.0. The molecule has 0 radical (unpaired) electrons. The van der Waals surface area contributed by atoms with Gasteiger partial charge in [0.15, 0.2) is 0 Å². The Hall–Kier alpha value is -0.0800. The molecule has 0 aromatic heterocycles. The summed E-state index contributed by atoms with van der Waals surface area (Å²) in [6, 6.07) is 0. The van der Waals surface area contributed by atoms with Crippen LogP contribution < -0.4 is 11.5 Å². The molecule has 0 amide bonds. The van der Waals surface area contributed by atoms with Gasteiger partial charge in [-0.25, -0.2) is 0 Å². The topological polar surface area (TPSA) is 52.0 Å². The Morgan fingerprint density at radius 1 is 0.762 bits per heavy atom. The Morgan fingerprint density at radius 2 is 1.19 bits per heavy atom. The third-order valence-corrected chi connectivity index (χ3v) is 6.94. The second-order valence-corrected chi connectivity index (χ2v) is 8.65. The van der Waals surface area contributed by atoms with Gasteiger partial charge in [0.05, 0.1) is 5.66 Å². The molecular weight excluding hydrogens is 256 g/mol. The first-order valence-corrected chi connectivity index (χ1v) is 9.38. The van der Waals surface area contributed by atoms with E-state index in [0.717, 1.165) is 36.5 Å². The summed E-state index contributed by atoms with van der Waals surface area (Å²) in [5.74, 6) is 3.25. The molecular formula is C19H38N2. The maximum atomic E-state index is 6.19. The zero-order valence-electron chi connectivity index (χ0n) is 14.8. The molecule has 2 heteroatoms. The molecule has 21 heavy (non-hydrogen) atoms. The number of nitrogens with two attached hydrogens (primary N) is 2. The van der Waals surface area contributed by atoms with E-state index in [1.54, 1.807) is 0 Å². The molecule has 0 aliphatic heterocycles. The molecule has 2 fully saturated rings. The van der Waals surface area contributed by atoms with Gasteiger partial charge in [-0.1, -0.05) is 47.0 Å². The molecule has 0 aromatic carbocycles. The molecule has 0 atom stereocenters. The maximum absolute atomic E-state index is 6.19. The SMILES string of the molecule is CC(C)C(C(C)C)(C1CCCCC1)C1CCC(N)(N)CC1. The molecule has 0 heterocycles. The van der Waals surface area contributed by atoms with Crippen LogP contribution in [-0.4, -0.2) is 5.66 Å². The van der Waals surface area contributed by atoms with Crippen LogP contribution in [-0.2, 0) is 0 Å².